The van der Waals surface area contributed by atoms with Crippen LogP contribution >= 0.6 is 0 Å². The van der Waals surface area contributed by atoms with Gasteiger partial charge in [0.15, 0.2) is 11.7 Å². The number of nitrogens with one attached hydrogen (secondary N) is 1. The maximum absolute atomic E-state index is 9.90. The van der Waals surface area contributed by atoms with Crippen LogP contribution in [-0.4, -0.2) is 20.2 Å². The Morgan fingerprint density at radius 3 is 2.30 bits per heavy atom. The van der Waals surface area contributed by atoms with E-state index in [1.807, 2.05) is 24.4 Å². The Morgan fingerprint density at radius 2 is 1.63 bits per heavy atom. The molecule has 0 amide bonds. The van der Waals surface area contributed by atoms with E-state index in [1.165, 1.54) is 0 Å². The number of phenolic OH excluding ortho intramolecular Hbond substituents is 2. The van der Waals surface area contributed by atoms with Gasteiger partial charge in [-0.1, -0.05) is 43.5 Å². The summed E-state index contributed by atoms with van der Waals surface area (Å²) in [7, 11) is 0. The van der Waals surface area contributed by atoms with Crippen LogP contribution in [0, 0.1) is 0 Å². The third-order valence-corrected chi connectivity index (χ3v) is 4.95. The molecule has 2 heterocycles. The van der Waals surface area contributed by atoms with E-state index in [9.17, 15) is 10.2 Å². The van der Waals surface area contributed by atoms with Crippen LogP contribution < -0.4 is 0 Å². The lowest BCUT2D eigenvalue weighted by Crippen LogP contribution is -1.92. The van der Waals surface area contributed by atoms with Crippen molar-refractivity contribution in [3.05, 3.63) is 90.6 Å². The molecule has 0 aliphatic heterocycles. The Hall–Kier alpha value is -3.99. The van der Waals surface area contributed by atoms with Gasteiger partial charge < -0.3 is 19.6 Å². The van der Waals surface area contributed by atoms with E-state index in [0.717, 1.165) is 27.9 Å². The number of aryl methyl sites for hydroxylation is 2. The van der Waals surface area contributed by atoms with Crippen LogP contribution in [0.15, 0.2) is 72.3 Å². The molecule has 0 aliphatic rings. The number of nitrogens with zero attached hydrogens (tertiary/aromatic N) is 1. The van der Waals surface area contributed by atoms with E-state index >= 15 is 0 Å². The fourth-order valence-electron chi connectivity index (χ4n) is 3.51. The van der Waals surface area contributed by atoms with E-state index in [2.05, 4.69) is 18.1 Å². The first-order valence-electron chi connectivity index (χ1n) is 9.62. The Labute approximate surface area is 174 Å². The van der Waals surface area contributed by atoms with Crippen molar-refractivity contribution in [2.45, 2.75) is 12.8 Å². The highest BCUT2D eigenvalue weighted by molar-refractivity contribution is 5.78. The van der Waals surface area contributed by atoms with Gasteiger partial charge in [0, 0.05) is 35.0 Å². The number of benzene rings is 2. The van der Waals surface area contributed by atoms with Crippen molar-refractivity contribution in [2.24, 2.45) is 0 Å². The van der Waals surface area contributed by atoms with Crippen molar-refractivity contribution >= 4 is 12.2 Å². The van der Waals surface area contributed by atoms with Crippen LogP contribution in [0.5, 0.6) is 11.5 Å². The number of phenols is 2. The van der Waals surface area contributed by atoms with Crippen LogP contribution in [0.3, 0.4) is 0 Å². The van der Waals surface area contributed by atoms with Gasteiger partial charge in [0.05, 0.1) is 0 Å². The van der Waals surface area contributed by atoms with Crippen LogP contribution in [0.2, 0.25) is 0 Å². The van der Waals surface area contributed by atoms with E-state index in [4.69, 9.17) is 9.40 Å². The molecule has 0 saturated carbocycles. The van der Waals surface area contributed by atoms with Crippen molar-refractivity contribution in [1.29, 1.82) is 0 Å². The molecule has 150 valence electrons. The molecule has 0 unspecified atom stereocenters. The summed E-state index contributed by atoms with van der Waals surface area (Å²) in [6.45, 7) is 7.70. The Bertz CT molecular complexity index is 1150. The second kappa shape index (κ2) is 8.17. The lowest BCUT2D eigenvalue weighted by Gasteiger charge is -2.03. The first-order chi connectivity index (χ1) is 14.6. The average molecular weight is 398 g/mol. The molecule has 0 atom stereocenters. The monoisotopic (exact) mass is 398 g/mol. The molecule has 0 spiro atoms. The highest BCUT2D eigenvalue weighted by Crippen LogP contribution is 2.35. The van der Waals surface area contributed by atoms with Gasteiger partial charge in [0.2, 0.25) is 0 Å². The largest absolute Gasteiger partial charge is 0.508 e. The molecule has 5 nitrogen and oxygen atoms in total. The summed E-state index contributed by atoms with van der Waals surface area (Å²) in [4.78, 5) is 7.91. The highest BCUT2D eigenvalue weighted by atomic mass is 16.4. The van der Waals surface area contributed by atoms with Crippen molar-refractivity contribution < 1.29 is 14.6 Å². The fraction of sp³-hybridized carbons (Fsp3) is 0.0800. The molecule has 0 bridgehead atoms. The quantitative estimate of drug-likeness (QED) is 0.366. The molecule has 30 heavy (non-hydrogen) atoms. The molecular weight excluding hydrogens is 376 g/mol. The number of oxazole rings is 1. The normalized spacial score (nSPS) is 10.8. The molecular formula is C25H22N2O3. The van der Waals surface area contributed by atoms with Crippen molar-refractivity contribution in [2.75, 3.05) is 0 Å². The summed E-state index contributed by atoms with van der Waals surface area (Å²) in [5.74, 6) is 1.42. The van der Waals surface area contributed by atoms with Crippen LogP contribution in [0.25, 0.3) is 34.7 Å². The fourth-order valence-corrected chi connectivity index (χ4v) is 3.51. The van der Waals surface area contributed by atoms with Gasteiger partial charge in [0.25, 0.3) is 0 Å². The molecule has 0 radical (unpaired) electrons. The second-order valence-electron chi connectivity index (χ2n) is 6.94. The maximum atomic E-state index is 9.90. The van der Waals surface area contributed by atoms with Gasteiger partial charge in [-0.15, -0.1) is 0 Å². The predicted molar refractivity (Wildman–Crippen MR) is 119 cm³/mol. The molecule has 5 heteroatoms. The zero-order chi connectivity index (χ0) is 21.1. The minimum Gasteiger partial charge on any atom is -0.508 e. The number of rotatable bonds is 7. The van der Waals surface area contributed by atoms with Gasteiger partial charge in [-0.05, 0) is 42.3 Å². The average Bonchev–Trinajstić information content (AvgIpc) is 3.35. The van der Waals surface area contributed by atoms with Crippen molar-refractivity contribution in [1.82, 2.24) is 9.97 Å². The number of aromatic hydroxyl groups is 2. The van der Waals surface area contributed by atoms with Gasteiger partial charge in [-0.3, -0.25) is 0 Å². The van der Waals surface area contributed by atoms with E-state index in [1.54, 1.807) is 42.5 Å². The SMILES string of the molecule is C=Cc1[nH]cc(CCc2nc(-c3cccc(O)c3)c(-c3cccc(O)c3)o2)c1C=C. The highest BCUT2D eigenvalue weighted by Gasteiger charge is 2.18. The summed E-state index contributed by atoms with van der Waals surface area (Å²) in [5.41, 5.74) is 5.15. The molecule has 0 fully saturated rings. The lowest BCUT2D eigenvalue weighted by molar-refractivity contribution is 0.474. The first-order valence-corrected chi connectivity index (χ1v) is 9.62. The summed E-state index contributed by atoms with van der Waals surface area (Å²) < 4.78 is 6.12. The molecule has 4 aromatic rings. The smallest absolute Gasteiger partial charge is 0.195 e. The lowest BCUT2D eigenvalue weighted by atomic mass is 10.1. The number of aromatic nitrogens is 2. The number of hydrogen-bond acceptors (Lipinski definition) is 4. The van der Waals surface area contributed by atoms with Crippen LogP contribution in [0.4, 0.5) is 0 Å². The zero-order valence-electron chi connectivity index (χ0n) is 16.4. The van der Waals surface area contributed by atoms with E-state index in [0.29, 0.717) is 30.2 Å². The summed E-state index contributed by atoms with van der Waals surface area (Å²) in [6, 6.07) is 13.7. The minimum absolute atomic E-state index is 0.146. The number of aromatic amines is 1. The van der Waals surface area contributed by atoms with Gasteiger partial charge >= 0.3 is 0 Å². The third-order valence-electron chi connectivity index (χ3n) is 4.95. The Morgan fingerprint density at radius 1 is 0.933 bits per heavy atom. The van der Waals surface area contributed by atoms with Gasteiger partial charge in [0.1, 0.15) is 17.2 Å². The topological polar surface area (TPSA) is 82.3 Å². The minimum atomic E-state index is 0.146. The van der Waals surface area contributed by atoms with E-state index in [-0.39, 0.29) is 11.5 Å². The molecule has 2 aromatic heterocycles. The Kier molecular flexibility index (Phi) is 5.26. The van der Waals surface area contributed by atoms with Gasteiger partial charge in [-0.2, -0.15) is 0 Å². The van der Waals surface area contributed by atoms with E-state index < -0.39 is 0 Å². The number of H-pyrrole nitrogens is 1. The van der Waals surface area contributed by atoms with Crippen molar-refractivity contribution in [3.8, 4) is 34.1 Å². The summed E-state index contributed by atoms with van der Waals surface area (Å²) >= 11 is 0. The summed E-state index contributed by atoms with van der Waals surface area (Å²) in [6.07, 6.45) is 6.83. The maximum Gasteiger partial charge on any atom is 0.195 e. The predicted octanol–water partition coefficient (Wildman–Crippen LogP) is 5.82. The van der Waals surface area contributed by atoms with Crippen molar-refractivity contribution in [3.63, 3.8) is 0 Å². The molecule has 2 aromatic carbocycles. The molecule has 4 rings (SSSR count). The van der Waals surface area contributed by atoms with Gasteiger partial charge in [-0.25, -0.2) is 4.98 Å². The first kappa shape index (κ1) is 19.3. The standard InChI is InChI=1S/C25H22N2O3/c1-3-21-18(15-26-22(21)4-2)11-12-23-27-24(16-7-5-9-19(28)13-16)25(30-23)17-8-6-10-20(29)14-17/h3-10,13-15,26,28-29H,1-2,11-12H2. The molecule has 0 aliphatic carbocycles. The second-order valence-corrected chi connectivity index (χ2v) is 6.94. The third kappa shape index (κ3) is 3.78. The molecule has 0 saturated heterocycles. The Balaban J connectivity index is 1.71. The van der Waals surface area contributed by atoms with Crippen LogP contribution in [0.1, 0.15) is 22.7 Å². The molecule has 3 N–H and O–H groups in total. The zero-order valence-corrected chi connectivity index (χ0v) is 16.4. The van der Waals surface area contributed by atoms with Crippen LogP contribution in [-0.2, 0) is 12.8 Å². The number of hydrogen-bond donors (Lipinski definition) is 3. The summed E-state index contributed by atoms with van der Waals surface area (Å²) in [5, 5.41) is 19.8.